The first kappa shape index (κ1) is 5.98. The zero-order valence-corrected chi connectivity index (χ0v) is 4.69. The first-order valence-electron chi connectivity index (χ1n) is 2.91. The molecule has 0 aromatic carbocycles. The molecule has 48 valence electrons. The third-order valence-electron chi connectivity index (χ3n) is 1.38. The van der Waals surface area contributed by atoms with Crippen LogP contribution in [0.1, 0.15) is 12.8 Å². The average Bonchev–Trinajstić information content (AvgIpc) is 1.90. The standard InChI is InChI=1S/C5H10FNO/c6-8-5-2-1-3-7-4-5/h5,7H,1-4H2. The Labute approximate surface area is 47.9 Å². The van der Waals surface area contributed by atoms with E-state index in [0.717, 1.165) is 19.4 Å². The maximum Gasteiger partial charge on any atom is 0.111 e. The van der Waals surface area contributed by atoms with Crippen molar-refractivity contribution in [2.24, 2.45) is 0 Å². The van der Waals surface area contributed by atoms with Gasteiger partial charge in [-0.25, -0.2) is 0 Å². The molecule has 0 saturated carbocycles. The van der Waals surface area contributed by atoms with E-state index in [4.69, 9.17) is 0 Å². The molecule has 8 heavy (non-hydrogen) atoms. The highest BCUT2D eigenvalue weighted by Gasteiger charge is 2.12. The van der Waals surface area contributed by atoms with E-state index in [-0.39, 0.29) is 6.10 Å². The minimum Gasteiger partial charge on any atom is -0.314 e. The van der Waals surface area contributed by atoms with Gasteiger partial charge < -0.3 is 5.32 Å². The molecule has 1 aliphatic heterocycles. The summed E-state index contributed by atoms with van der Waals surface area (Å²) in [5.74, 6) is 0. The fraction of sp³-hybridized carbons (Fsp3) is 1.00. The van der Waals surface area contributed by atoms with E-state index in [1.807, 2.05) is 0 Å². The van der Waals surface area contributed by atoms with Crippen molar-refractivity contribution < 1.29 is 9.47 Å². The predicted molar refractivity (Wildman–Crippen MR) is 28.1 cm³/mol. The first-order valence-corrected chi connectivity index (χ1v) is 2.91. The SMILES string of the molecule is FOC1CCCNC1. The third kappa shape index (κ3) is 1.42. The van der Waals surface area contributed by atoms with Gasteiger partial charge in [-0.05, 0) is 23.9 Å². The van der Waals surface area contributed by atoms with Gasteiger partial charge in [0.05, 0.1) is 0 Å². The van der Waals surface area contributed by atoms with Crippen LogP contribution >= 0.6 is 0 Å². The van der Waals surface area contributed by atoms with Gasteiger partial charge in [-0.3, -0.25) is 0 Å². The molecule has 1 fully saturated rings. The van der Waals surface area contributed by atoms with Crippen LogP contribution in [0, 0.1) is 0 Å². The fourth-order valence-electron chi connectivity index (χ4n) is 0.896. The Morgan fingerprint density at radius 1 is 1.62 bits per heavy atom. The Bertz CT molecular complexity index is 63.4. The van der Waals surface area contributed by atoms with Crippen molar-refractivity contribution >= 4 is 0 Å². The van der Waals surface area contributed by atoms with Crippen LogP contribution < -0.4 is 5.32 Å². The first-order chi connectivity index (χ1) is 3.93. The highest BCUT2D eigenvalue weighted by Crippen LogP contribution is 2.04. The van der Waals surface area contributed by atoms with E-state index >= 15 is 0 Å². The molecule has 1 N–H and O–H groups in total. The van der Waals surface area contributed by atoms with E-state index in [0.29, 0.717) is 6.54 Å². The predicted octanol–water partition coefficient (Wildman–Crippen LogP) is 0.639. The van der Waals surface area contributed by atoms with E-state index in [1.165, 1.54) is 0 Å². The Balaban J connectivity index is 2.13. The molecule has 0 bridgehead atoms. The maximum atomic E-state index is 11.3. The highest BCUT2D eigenvalue weighted by molar-refractivity contribution is 4.66. The molecule has 1 unspecified atom stereocenters. The summed E-state index contributed by atoms with van der Waals surface area (Å²) in [6.45, 7) is 1.66. The van der Waals surface area contributed by atoms with Crippen molar-refractivity contribution in [3.05, 3.63) is 0 Å². The molecule has 0 radical (unpaired) electrons. The van der Waals surface area contributed by atoms with Crippen LogP contribution in [0.4, 0.5) is 4.53 Å². The van der Waals surface area contributed by atoms with Gasteiger partial charge in [0.25, 0.3) is 0 Å². The van der Waals surface area contributed by atoms with Gasteiger partial charge in [-0.15, -0.1) is 0 Å². The molecule has 0 spiro atoms. The van der Waals surface area contributed by atoms with E-state index in [1.54, 1.807) is 0 Å². The molecule has 2 nitrogen and oxygen atoms in total. The summed E-state index contributed by atoms with van der Waals surface area (Å²) >= 11 is 0. The minimum absolute atomic E-state index is 0.191. The van der Waals surface area contributed by atoms with Crippen molar-refractivity contribution in [2.45, 2.75) is 18.9 Å². The summed E-state index contributed by atoms with van der Waals surface area (Å²) in [6.07, 6.45) is 1.68. The summed E-state index contributed by atoms with van der Waals surface area (Å²) in [6, 6.07) is 0. The monoisotopic (exact) mass is 119 g/mol. The minimum atomic E-state index is -0.191. The summed E-state index contributed by atoms with van der Waals surface area (Å²) in [4.78, 5) is 3.63. The normalized spacial score (nSPS) is 30.4. The summed E-state index contributed by atoms with van der Waals surface area (Å²) in [5, 5.41) is 3.02. The molecule has 0 aromatic heterocycles. The number of hydrogen-bond donors (Lipinski definition) is 1. The van der Waals surface area contributed by atoms with Crippen molar-refractivity contribution in [2.75, 3.05) is 13.1 Å². The van der Waals surface area contributed by atoms with Gasteiger partial charge in [0.1, 0.15) is 6.10 Å². The zero-order valence-electron chi connectivity index (χ0n) is 4.69. The van der Waals surface area contributed by atoms with E-state index in [2.05, 4.69) is 10.3 Å². The maximum absolute atomic E-state index is 11.3. The molecule has 1 aliphatic rings. The topological polar surface area (TPSA) is 21.3 Å². The summed E-state index contributed by atoms with van der Waals surface area (Å²) in [5.41, 5.74) is 0. The third-order valence-corrected chi connectivity index (χ3v) is 1.38. The lowest BCUT2D eigenvalue weighted by molar-refractivity contribution is -0.182. The molecule has 1 saturated heterocycles. The average molecular weight is 119 g/mol. The molecule has 0 aromatic rings. The Morgan fingerprint density at radius 2 is 2.50 bits per heavy atom. The van der Waals surface area contributed by atoms with Crippen molar-refractivity contribution in [3.63, 3.8) is 0 Å². The van der Waals surface area contributed by atoms with Crippen molar-refractivity contribution in [3.8, 4) is 0 Å². The second kappa shape index (κ2) is 2.99. The van der Waals surface area contributed by atoms with Crippen molar-refractivity contribution in [1.82, 2.24) is 5.32 Å². The van der Waals surface area contributed by atoms with Crippen LogP contribution in [0.2, 0.25) is 0 Å². The smallest absolute Gasteiger partial charge is 0.111 e. The number of nitrogens with one attached hydrogen (secondary N) is 1. The quantitative estimate of drug-likeness (QED) is 0.547. The number of hydrogen-bond acceptors (Lipinski definition) is 2. The Kier molecular flexibility index (Phi) is 2.24. The second-order valence-corrected chi connectivity index (χ2v) is 2.06. The van der Waals surface area contributed by atoms with Gasteiger partial charge in [-0.2, -0.15) is 4.94 Å². The fourth-order valence-corrected chi connectivity index (χ4v) is 0.896. The van der Waals surface area contributed by atoms with Gasteiger partial charge >= 0.3 is 0 Å². The molecule has 1 atom stereocenters. The number of rotatable bonds is 1. The molecule has 0 aliphatic carbocycles. The second-order valence-electron chi connectivity index (χ2n) is 2.06. The number of piperidine rings is 1. The van der Waals surface area contributed by atoms with Crippen molar-refractivity contribution in [1.29, 1.82) is 0 Å². The van der Waals surface area contributed by atoms with Gasteiger partial charge in [-0.1, -0.05) is 0 Å². The lowest BCUT2D eigenvalue weighted by atomic mass is 10.1. The van der Waals surface area contributed by atoms with Crippen LogP contribution in [-0.2, 0) is 4.94 Å². The van der Waals surface area contributed by atoms with Crippen LogP contribution in [0.15, 0.2) is 0 Å². The Hall–Kier alpha value is -0.150. The highest BCUT2D eigenvalue weighted by atomic mass is 19.3. The van der Waals surface area contributed by atoms with Crippen LogP contribution in [0.25, 0.3) is 0 Å². The summed E-state index contributed by atoms with van der Waals surface area (Å²) in [7, 11) is 0. The molecule has 0 amide bonds. The zero-order chi connectivity index (χ0) is 5.82. The lowest BCUT2D eigenvalue weighted by Gasteiger charge is -2.17. The van der Waals surface area contributed by atoms with E-state index < -0.39 is 0 Å². The molecule has 3 heteroatoms. The lowest BCUT2D eigenvalue weighted by Crippen LogP contribution is -2.33. The van der Waals surface area contributed by atoms with E-state index in [9.17, 15) is 4.53 Å². The summed E-state index contributed by atoms with van der Waals surface area (Å²) < 4.78 is 11.3. The number of halogens is 1. The van der Waals surface area contributed by atoms with Crippen LogP contribution in [-0.4, -0.2) is 19.2 Å². The van der Waals surface area contributed by atoms with Gasteiger partial charge in [0.15, 0.2) is 0 Å². The van der Waals surface area contributed by atoms with Crippen LogP contribution in [0.5, 0.6) is 0 Å². The molecular formula is C5H10FNO. The van der Waals surface area contributed by atoms with Gasteiger partial charge in [0.2, 0.25) is 0 Å². The van der Waals surface area contributed by atoms with Gasteiger partial charge in [0, 0.05) is 6.54 Å². The molecule has 1 heterocycles. The molecular weight excluding hydrogens is 109 g/mol. The molecule has 1 rings (SSSR count). The Morgan fingerprint density at radius 3 is 2.88 bits per heavy atom. The van der Waals surface area contributed by atoms with Crippen LogP contribution in [0.3, 0.4) is 0 Å². The largest absolute Gasteiger partial charge is 0.314 e.